The Morgan fingerprint density at radius 3 is 0.806 bits per heavy atom. The molecule has 67 heavy (non-hydrogen) atoms. The number of carbonyl (C=O) groups excluding carboxylic acids is 3. The first kappa shape index (κ1) is 64.9. The average Bonchev–Trinajstić information content (AvgIpc) is 3.33. The Morgan fingerprint density at radius 2 is 0.522 bits per heavy atom. The molecule has 394 valence electrons. The van der Waals surface area contributed by atoms with Crippen molar-refractivity contribution in [2.24, 2.45) is 0 Å². The Balaban J connectivity index is 4.20. The van der Waals surface area contributed by atoms with Gasteiger partial charge in [0.25, 0.3) is 0 Å². The third kappa shape index (κ3) is 54.7. The van der Waals surface area contributed by atoms with Crippen molar-refractivity contribution >= 4 is 17.9 Å². The fourth-order valence-electron chi connectivity index (χ4n) is 8.91. The van der Waals surface area contributed by atoms with Crippen LogP contribution in [0.4, 0.5) is 0 Å². The van der Waals surface area contributed by atoms with Crippen LogP contribution in [0.25, 0.3) is 0 Å². The molecule has 0 aromatic rings. The fourth-order valence-corrected chi connectivity index (χ4v) is 8.91. The second kappa shape index (κ2) is 56.5. The topological polar surface area (TPSA) is 78.9 Å². The third-order valence-corrected chi connectivity index (χ3v) is 13.4. The van der Waals surface area contributed by atoms with Crippen LogP contribution in [0.5, 0.6) is 0 Å². The van der Waals surface area contributed by atoms with Gasteiger partial charge in [0.15, 0.2) is 6.10 Å². The fraction of sp³-hybridized carbons (Fsp3) is 0.885. The van der Waals surface area contributed by atoms with Crippen LogP contribution in [-0.4, -0.2) is 37.2 Å². The molecule has 0 amide bonds. The highest BCUT2D eigenvalue weighted by molar-refractivity contribution is 5.71. The summed E-state index contributed by atoms with van der Waals surface area (Å²) in [6, 6.07) is 0. The van der Waals surface area contributed by atoms with Crippen molar-refractivity contribution in [3.8, 4) is 0 Å². The second-order valence-electron chi connectivity index (χ2n) is 20.3. The van der Waals surface area contributed by atoms with Crippen molar-refractivity contribution in [2.75, 3.05) is 13.2 Å². The number of unbranched alkanes of at least 4 members (excludes halogenated alkanes) is 40. The van der Waals surface area contributed by atoms with E-state index in [4.69, 9.17) is 14.2 Å². The van der Waals surface area contributed by atoms with E-state index in [-0.39, 0.29) is 31.1 Å². The zero-order chi connectivity index (χ0) is 48.6. The van der Waals surface area contributed by atoms with Crippen molar-refractivity contribution in [1.82, 2.24) is 0 Å². The van der Waals surface area contributed by atoms with E-state index in [1.165, 1.54) is 218 Å². The predicted molar refractivity (Wildman–Crippen MR) is 289 cm³/mol. The maximum Gasteiger partial charge on any atom is 0.306 e. The molecule has 0 heterocycles. The van der Waals surface area contributed by atoms with E-state index in [1.807, 2.05) is 0 Å². The summed E-state index contributed by atoms with van der Waals surface area (Å²) >= 11 is 0. The normalized spacial score (nSPS) is 12.1. The van der Waals surface area contributed by atoms with Gasteiger partial charge in [-0.25, -0.2) is 0 Å². The third-order valence-electron chi connectivity index (χ3n) is 13.4. The van der Waals surface area contributed by atoms with Gasteiger partial charge in [0, 0.05) is 19.3 Å². The van der Waals surface area contributed by atoms with E-state index in [0.717, 1.165) is 70.6 Å². The number of allylic oxidation sites excluding steroid dienone is 4. The van der Waals surface area contributed by atoms with E-state index in [0.29, 0.717) is 19.3 Å². The predicted octanol–water partition coefficient (Wildman–Crippen LogP) is 19.9. The zero-order valence-corrected chi connectivity index (χ0v) is 45.2. The molecule has 0 aliphatic heterocycles. The van der Waals surface area contributed by atoms with Crippen LogP contribution in [0.15, 0.2) is 24.3 Å². The quantitative estimate of drug-likeness (QED) is 0.0262. The maximum absolute atomic E-state index is 12.8. The molecule has 0 bridgehead atoms. The van der Waals surface area contributed by atoms with Crippen molar-refractivity contribution < 1.29 is 28.6 Å². The zero-order valence-electron chi connectivity index (χ0n) is 45.2. The summed E-state index contributed by atoms with van der Waals surface area (Å²) in [5.74, 6) is -0.861. The molecular weight excluding hydrogens is 829 g/mol. The highest BCUT2D eigenvalue weighted by Gasteiger charge is 2.19. The number of hydrogen-bond acceptors (Lipinski definition) is 6. The van der Waals surface area contributed by atoms with Gasteiger partial charge in [-0.2, -0.15) is 0 Å². The van der Waals surface area contributed by atoms with Crippen LogP contribution in [-0.2, 0) is 28.6 Å². The first-order valence-corrected chi connectivity index (χ1v) is 29.8. The van der Waals surface area contributed by atoms with Crippen molar-refractivity contribution in [2.45, 2.75) is 335 Å². The molecule has 0 aromatic heterocycles. The van der Waals surface area contributed by atoms with Gasteiger partial charge in [-0.3, -0.25) is 14.4 Å². The molecule has 0 saturated carbocycles. The highest BCUT2D eigenvalue weighted by atomic mass is 16.6. The van der Waals surface area contributed by atoms with Crippen LogP contribution < -0.4 is 0 Å². The number of ether oxygens (including phenoxy) is 3. The molecule has 0 aromatic carbocycles. The number of rotatable bonds is 55. The maximum atomic E-state index is 12.8. The summed E-state index contributed by atoms with van der Waals surface area (Å²) in [5, 5.41) is 0. The molecule has 0 aliphatic carbocycles. The largest absolute Gasteiger partial charge is 0.462 e. The molecule has 0 fully saturated rings. The summed E-state index contributed by atoms with van der Waals surface area (Å²) in [7, 11) is 0. The molecule has 0 rings (SSSR count). The van der Waals surface area contributed by atoms with Crippen molar-refractivity contribution in [3.63, 3.8) is 0 Å². The molecule has 1 atom stereocenters. The molecule has 0 N–H and O–H groups in total. The van der Waals surface area contributed by atoms with Gasteiger partial charge in [-0.1, -0.05) is 270 Å². The number of hydrogen-bond donors (Lipinski definition) is 0. The second-order valence-corrected chi connectivity index (χ2v) is 20.3. The lowest BCUT2D eigenvalue weighted by Gasteiger charge is -2.18. The lowest BCUT2D eigenvalue weighted by molar-refractivity contribution is -0.167. The van der Waals surface area contributed by atoms with Gasteiger partial charge in [0.2, 0.25) is 0 Å². The Morgan fingerprint density at radius 1 is 0.284 bits per heavy atom. The van der Waals surface area contributed by atoms with E-state index in [1.54, 1.807) is 0 Å². The van der Waals surface area contributed by atoms with Crippen LogP contribution in [0.2, 0.25) is 0 Å². The average molecular weight is 944 g/mol. The van der Waals surface area contributed by atoms with E-state index < -0.39 is 6.10 Å². The molecule has 0 saturated heterocycles. The lowest BCUT2D eigenvalue weighted by Crippen LogP contribution is -2.30. The van der Waals surface area contributed by atoms with Crippen LogP contribution >= 0.6 is 0 Å². The Labute approximate surface area is 417 Å². The minimum absolute atomic E-state index is 0.0699. The van der Waals surface area contributed by atoms with Gasteiger partial charge in [0.05, 0.1) is 0 Å². The summed E-state index contributed by atoms with van der Waals surface area (Å²) in [5.41, 5.74) is 0. The molecule has 6 nitrogen and oxygen atoms in total. The summed E-state index contributed by atoms with van der Waals surface area (Å²) < 4.78 is 16.9. The number of carbonyl (C=O) groups is 3. The van der Waals surface area contributed by atoms with Crippen molar-refractivity contribution in [3.05, 3.63) is 24.3 Å². The highest BCUT2D eigenvalue weighted by Crippen LogP contribution is 2.17. The first-order chi connectivity index (χ1) is 33.0. The minimum Gasteiger partial charge on any atom is -0.462 e. The standard InChI is InChI=1S/C61H114O6/c1-4-7-10-13-16-19-22-24-26-28-29-30-31-32-33-34-36-37-39-42-45-48-51-54-60(63)66-57-58(56-65-59(62)53-50-47-44-41-21-18-15-12-9-6-3)67-61(64)55-52-49-46-43-40-38-35-27-25-23-20-17-14-11-8-5-2/h12,15,28-29,58H,4-11,13-14,16-27,30-57H2,1-3H3/b15-12-,29-28-. The number of esters is 3. The minimum atomic E-state index is -0.770. The van der Waals surface area contributed by atoms with Crippen LogP contribution in [0.1, 0.15) is 329 Å². The van der Waals surface area contributed by atoms with Crippen molar-refractivity contribution in [1.29, 1.82) is 0 Å². The van der Waals surface area contributed by atoms with Gasteiger partial charge in [0.1, 0.15) is 13.2 Å². The summed E-state index contributed by atoms with van der Waals surface area (Å²) in [6.45, 7) is 6.62. The van der Waals surface area contributed by atoms with E-state index in [2.05, 4.69) is 45.1 Å². The molecular formula is C61H114O6. The summed E-state index contributed by atoms with van der Waals surface area (Å²) in [6.07, 6.45) is 66.1. The summed E-state index contributed by atoms with van der Waals surface area (Å²) in [4.78, 5) is 38.1. The van der Waals surface area contributed by atoms with E-state index in [9.17, 15) is 14.4 Å². The SMILES string of the molecule is CCC/C=C\CCCCCCCC(=O)OCC(COC(=O)CCCCCCCCCCCCC/C=C\CCCCCCCCCC)OC(=O)CCCCCCCCCCCCCCCCCC. The van der Waals surface area contributed by atoms with E-state index >= 15 is 0 Å². The lowest BCUT2D eigenvalue weighted by atomic mass is 10.0. The van der Waals surface area contributed by atoms with Gasteiger partial charge in [-0.05, 0) is 64.2 Å². The smallest absolute Gasteiger partial charge is 0.306 e. The molecule has 1 unspecified atom stereocenters. The Hall–Kier alpha value is -2.11. The van der Waals surface area contributed by atoms with Gasteiger partial charge >= 0.3 is 17.9 Å². The Bertz CT molecular complexity index is 1080. The first-order valence-electron chi connectivity index (χ1n) is 29.8. The Kier molecular flexibility index (Phi) is 54.7. The molecule has 6 heteroatoms. The monoisotopic (exact) mass is 943 g/mol. The molecule has 0 spiro atoms. The molecule has 0 radical (unpaired) electrons. The van der Waals surface area contributed by atoms with Crippen LogP contribution in [0.3, 0.4) is 0 Å². The molecule has 0 aliphatic rings. The van der Waals surface area contributed by atoms with Gasteiger partial charge in [-0.15, -0.1) is 0 Å². The van der Waals surface area contributed by atoms with Gasteiger partial charge < -0.3 is 14.2 Å². The van der Waals surface area contributed by atoms with Crippen LogP contribution in [0, 0.1) is 0 Å².